The van der Waals surface area contributed by atoms with Crippen LogP contribution in [0.25, 0.3) is 6.08 Å². The van der Waals surface area contributed by atoms with Crippen LogP contribution in [-0.2, 0) is 4.79 Å². The van der Waals surface area contributed by atoms with Gasteiger partial charge in [0.05, 0.1) is 10.6 Å². The van der Waals surface area contributed by atoms with Crippen molar-refractivity contribution in [1.29, 1.82) is 0 Å². The molecule has 2 aromatic carbocycles. The topological polar surface area (TPSA) is 75.5 Å². The molecule has 0 radical (unpaired) electrons. The lowest BCUT2D eigenvalue weighted by Crippen LogP contribution is -2.30. The van der Waals surface area contributed by atoms with Crippen molar-refractivity contribution in [3.05, 3.63) is 75.5 Å². The maximum absolute atomic E-state index is 12.6. The van der Waals surface area contributed by atoms with E-state index in [2.05, 4.69) is 5.32 Å². The Morgan fingerprint density at radius 1 is 1.17 bits per heavy atom. The predicted molar refractivity (Wildman–Crippen MR) is 95.5 cm³/mol. The molecular weight excluding hydrogens is 326 g/mol. The zero-order valence-corrected chi connectivity index (χ0v) is 13.5. The van der Waals surface area contributed by atoms with Gasteiger partial charge in [-0.25, -0.2) is 0 Å². The van der Waals surface area contributed by atoms with E-state index in [9.17, 15) is 14.9 Å². The third-order valence-electron chi connectivity index (χ3n) is 3.65. The number of amides is 1. The summed E-state index contributed by atoms with van der Waals surface area (Å²) in [5.41, 5.74) is 2.67. The SMILES string of the molecule is Cc1ccccc1N1C(=O)/C(=C/c2ccc([N+](=O)[O-])cc2)NC1=S. The van der Waals surface area contributed by atoms with Gasteiger partial charge in [-0.05, 0) is 54.5 Å². The molecule has 1 aliphatic rings. The number of anilines is 1. The van der Waals surface area contributed by atoms with Gasteiger partial charge in [-0.2, -0.15) is 0 Å². The van der Waals surface area contributed by atoms with Gasteiger partial charge in [0.15, 0.2) is 5.11 Å². The zero-order chi connectivity index (χ0) is 17.3. The summed E-state index contributed by atoms with van der Waals surface area (Å²) >= 11 is 5.27. The van der Waals surface area contributed by atoms with E-state index in [1.165, 1.54) is 17.0 Å². The van der Waals surface area contributed by atoms with Crippen LogP contribution in [-0.4, -0.2) is 15.9 Å². The molecule has 6 nitrogen and oxygen atoms in total. The molecule has 24 heavy (non-hydrogen) atoms. The number of carbonyl (C=O) groups is 1. The van der Waals surface area contributed by atoms with Crippen molar-refractivity contribution < 1.29 is 9.72 Å². The largest absolute Gasteiger partial charge is 0.327 e. The van der Waals surface area contributed by atoms with E-state index in [1.807, 2.05) is 31.2 Å². The van der Waals surface area contributed by atoms with Gasteiger partial charge < -0.3 is 5.32 Å². The molecule has 2 aromatic rings. The summed E-state index contributed by atoms with van der Waals surface area (Å²) in [4.78, 5) is 24.3. The number of nitrogens with one attached hydrogen (secondary N) is 1. The van der Waals surface area contributed by atoms with E-state index >= 15 is 0 Å². The van der Waals surface area contributed by atoms with Crippen LogP contribution in [0.3, 0.4) is 0 Å². The Kier molecular flexibility index (Phi) is 4.09. The van der Waals surface area contributed by atoms with Crippen molar-refractivity contribution in [2.75, 3.05) is 4.90 Å². The Morgan fingerprint density at radius 3 is 2.46 bits per heavy atom. The molecular formula is C17H13N3O3S. The molecule has 0 atom stereocenters. The lowest BCUT2D eigenvalue weighted by atomic mass is 10.1. The summed E-state index contributed by atoms with van der Waals surface area (Å²) in [6.45, 7) is 1.91. The van der Waals surface area contributed by atoms with Gasteiger partial charge in [0, 0.05) is 12.1 Å². The predicted octanol–water partition coefficient (Wildman–Crippen LogP) is 3.17. The van der Waals surface area contributed by atoms with Crippen LogP contribution in [0, 0.1) is 17.0 Å². The van der Waals surface area contributed by atoms with Crippen molar-refractivity contribution in [3.63, 3.8) is 0 Å². The van der Waals surface area contributed by atoms with Crippen LogP contribution in [0.5, 0.6) is 0 Å². The first-order valence-corrected chi connectivity index (χ1v) is 7.55. The van der Waals surface area contributed by atoms with E-state index in [1.54, 1.807) is 18.2 Å². The van der Waals surface area contributed by atoms with Gasteiger partial charge in [-0.15, -0.1) is 0 Å². The molecule has 0 aliphatic carbocycles. The highest BCUT2D eigenvalue weighted by Crippen LogP contribution is 2.25. The number of nitro benzene ring substituents is 1. The Balaban J connectivity index is 1.91. The minimum absolute atomic E-state index is 0.0000784. The molecule has 1 aliphatic heterocycles. The Morgan fingerprint density at radius 2 is 1.83 bits per heavy atom. The second-order valence-electron chi connectivity index (χ2n) is 5.26. The Hall–Kier alpha value is -3.06. The molecule has 0 bridgehead atoms. The third-order valence-corrected chi connectivity index (χ3v) is 3.93. The molecule has 1 saturated heterocycles. The van der Waals surface area contributed by atoms with Gasteiger partial charge in [0.25, 0.3) is 11.6 Å². The van der Waals surface area contributed by atoms with Crippen molar-refractivity contribution >= 4 is 40.7 Å². The quantitative estimate of drug-likeness (QED) is 0.402. The Bertz CT molecular complexity index is 875. The first-order valence-electron chi connectivity index (χ1n) is 7.14. The molecule has 0 saturated carbocycles. The number of nitrogens with zero attached hydrogens (tertiary/aromatic N) is 2. The van der Waals surface area contributed by atoms with Crippen molar-refractivity contribution in [2.24, 2.45) is 0 Å². The van der Waals surface area contributed by atoms with E-state index in [0.29, 0.717) is 16.4 Å². The number of thiocarbonyl (C=S) groups is 1. The van der Waals surface area contributed by atoms with Crippen LogP contribution >= 0.6 is 12.2 Å². The van der Waals surface area contributed by atoms with Crippen LogP contribution in [0.15, 0.2) is 54.2 Å². The number of hydrogen-bond acceptors (Lipinski definition) is 4. The van der Waals surface area contributed by atoms with Crippen LogP contribution in [0.1, 0.15) is 11.1 Å². The fourth-order valence-corrected chi connectivity index (χ4v) is 2.72. The summed E-state index contributed by atoms with van der Waals surface area (Å²) in [5.74, 6) is -0.257. The van der Waals surface area contributed by atoms with Crippen LogP contribution in [0.4, 0.5) is 11.4 Å². The van der Waals surface area contributed by atoms with E-state index in [0.717, 1.165) is 11.3 Å². The standard InChI is InChI=1S/C17H13N3O3S/c1-11-4-2-3-5-15(11)19-16(21)14(18-17(19)24)10-12-6-8-13(9-7-12)20(22)23/h2-10H,1H3,(H,18,24)/b14-10-. The van der Waals surface area contributed by atoms with Crippen LogP contribution < -0.4 is 10.2 Å². The number of benzene rings is 2. The first kappa shape index (κ1) is 15.8. The molecule has 0 aromatic heterocycles. The summed E-state index contributed by atoms with van der Waals surface area (Å²) in [7, 11) is 0. The smallest absolute Gasteiger partial charge is 0.281 e. The minimum atomic E-state index is -0.467. The molecule has 1 N–H and O–H groups in total. The van der Waals surface area contributed by atoms with E-state index in [4.69, 9.17) is 12.2 Å². The van der Waals surface area contributed by atoms with Crippen molar-refractivity contribution in [3.8, 4) is 0 Å². The number of carbonyl (C=O) groups excluding carboxylic acids is 1. The van der Waals surface area contributed by atoms with Gasteiger partial charge in [0.1, 0.15) is 5.70 Å². The number of rotatable bonds is 3. The first-order chi connectivity index (χ1) is 11.5. The molecule has 7 heteroatoms. The highest BCUT2D eigenvalue weighted by Gasteiger charge is 2.32. The minimum Gasteiger partial charge on any atom is -0.327 e. The number of nitro groups is 1. The lowest BCUT2D eigenvalue weighted by Gasteiger charge is -2.16. The average Bonchev–Trinajstić information content (AvgIpc) is 2.83. The van der Waals surface area contributed by atoms with Gasteiger partial charge in [0.2, 0.25) is 0 Å². The molecule has 1 fully saturated rings. The fourth-order valence-electron chi connectivity index (χ4n) is 2.43. The summed E-state index contributed by atoms with van der Waals surface area (Å²) in [6.07, 6.45) is 1.62. The summed E-state index contributed by atoms with van der Waals surface area (Å²) in [6, 6.07) is 13.4. The van der Waals surface area contributed by atoms with E-state index in [-0.39, 0.29) is 11.6 Å². The van der Waals surface area contributed by atoms with E-state index < -0.39 is 4.92 Å². The number of aryl methyl sites for hydroxylation is 1. The average molecular weight is 339 g/mol. The number of hydrogen-bond donors (Lipinski definition) is 1. The van der Waals surface area contributed by atoms with Gasteiger partial charge in [-0.3, -0.25) is 19.8 Å². The molecule has 0 spiro atoms. The van der Waals surface area contributed by atoms with Gasteiger partial charge in [-0.1, -0.05) is 18.2 Å². The number of para-hydroxylation sites is 1. The molecule has 0 unspecified atom stereocenters. The second-order valence-corrected chi connectivity index (χ2v) is 5.65. The maximum atomic E-state index is 12.6. The summed E-state index contributed by atoms with van der Waals surface area (Å²) < 4.78 is 0. The monoisotopic (exact) mass is 339 g/mol. The Labute approximate surface area is 143 Å². The summed E-state index contributed by atoms with van der Waals surface area (Å²) in [5, 5.41) is 13.9. The molecule has 1 heterocycles. The maximum Gasteiger partial charge on any atom is 0.281 e. The van der Waals surface area contributed by atoms with Gasteiger partial charge >= 0.3 is 0 Å². The van der Waals surface area contributed by atoms with Crippen LogP contribution in [0.2, 0.25) is 0 Å². The highest BCUT2D eigenvalue weighted by atomic mass is 32.1. The lowest BCUT2D eigenvalue weighted by molar-refractivity contribution is -0.384. The zero-order valence-electron chi connectivity index (χ0n) is 12.7. The van der Waals surface area contributed by atoms with Crippen molar-refractivity contribution in [1.82, 2.24) is 5.32 Å². The third kappa shape index (κ3) is 2.89. The molecule has 120 valence electrons. The van der Waals surface area contributed by atoms with Crippen molar-refractivity contribution in [2.45, 2.75) is 6.92 Å². The fraction of sp³-hybridized carbons (Fsp3) is 0.0588. The normalized spacial score (nSPS) is 15.7. The molecule has 3 rings (SSSR count). The second kappa shape index (κ2) is 6.21. The number of non-ortho nitro benzene ring substituents is 1. The molecule has 1 amide bonds. The highest BCUT2D eigenvalue weighted by molar-refractivity contribution is 7.80.